The highest BCUT2D eigenvalue weighted by Gasteiger charge is 2.26. The van der Waals surface area contributed by atoms with Crippen molar-refractivity contribution in [2.75, 3.05) is 19.6 Å². The molecule has 1 aliphatic carbocycles. The molecule has 22 heavy (non-hydrogen) atoms. The Morgan fingerprint density at radius 1 is 1.27 bits per heavy atom. The molecule has 0 aromatic heterocycles. The maximum Gasteiger partial charge on any atom is 0.224 e. The molecule has 128 valence electrons. The number of halogens is 1. The zero-order chi connectivity index (χ0) is 15.2. The van der Waals surface area contributed by atoms with Crippen molar-refractivity contribution < 1.29 is 9.59 Å². The summed E-state index contributed by atoms with van der Waals surface area (Å²) in [5.41, 5.74) is 0. The van der Waals surface area contributed by atoms with Gasteiger partial charge in [0.05, 0.1) is 0 Å². The molecule has 1 aliphatic heterocycles. The molecule has 0 bridgehead atoms. The van der Waals surface area contributed by atoms with Gasteiger partial charge in [0.25, 0.3) is 0 Å². The van der Waals surface area contributed by atoms with E-state index in [0.29, 0.717) is 6.42 Å². The highest BCUT2D eigenvalue weighted by molar-refractivity contribution is 5.85. The Morgan fingerprint density at radius 2 is 1.95 bits per heavy atom. The maximum atomic E-state index is 12.3. The van der Waals surface area contributed by atoms with Crippen molar-refractivity contribution in [1.29, 1.82) is 0 Å². The number of hydrogen-bond acceptors (Lipinski definition) is 3. The monoisotopic (exact) mass is 331 g/mol. The molecule has 0 aromatic rings. The van der Waals surface area contributed by atoms with E-state index >= 15 is 0 Å². The predicted octanol–water partition coefficient (Wildman–Crippen LogP) is 1.70. The van der Waals surface area contributed by atoms with Crippen LogP contribution >= 0.6 is 12.4 Å². The standard InChI is InChI=1S/C16H29N3O2.ClH/c1-12(18-16(21)14-6-4-3-5-7-14)10-15(20)19-9-8-17-11-13(19)2;/h12-14,17H,3-11H2,1-2H3,(H,18,21);1H/t12?,13-;/m0./s1. The number of amides is 2. The Balaban J connectivity index is 0.00000242. The van der Waals surface area contributed by atoms with Gasteiger partial charge >= 0.3 is 0 Å². The predicted molar refractivity (Wildman–Crippen MR) is 90.1 cm³/mol. The zero-order valence-electron chi connectivity index (χ0n) is 13.8. The van der Waals surface area contributed by atoms with Gasteiger partial charge in [0.1, 0.15) is 0 Å². The Labute approximate surface area is 140 Å². The second-order valence-electron chi connectivity index (χ2n) is 6.59. The van der Waals surface area contributed by atoms with E-state index in [4.69, 9.17) is 0 Å². The summed E-state index contributed by atoms with van der Waals surface area (Å²) in [7, 11) is 0. The minimum Gasteiger partial charge on any atom is -0.353 e. The molecule has 2 rings (SSSR count). The Morgan fingerprint density at radius 3 is 2.59 bits per heavy atom. The molecule has 5 nitrogen and oxygen atoms in total. The molecule has 1 unspecified atom stereocenters. The van der Waals surface area contributed by atoms with Crippen molar-refractivity contribution >= 4 is 24.2 Å². The van der Waals surface area contributed by atoms with Gasteiger partial charge in [0.2, 0.25) is 11.8 Å². The van der Waals surface area contributed by atoms with Crippen molar-refractivity contribution in [3.05, 3.63) is 0 Å². The van der Waals surface area contributed by atoms with E-state index in [1.54, 1.807) is 0 Å². The number of piperazine rings is 1. The van der Waals surface area contributed by atoms with Crippen LogP contribution in [0.15, 0.2) is 0 Å². The van der Waals surface area contributed by atoms with Crippen LogP contribution in [0.4, 0.5) is 0 Å². The molecule has 0 radical (unpaired) electrons. The van der Waals surface area contributed by atoms with E-state index in [0.717, 1.165) is 45.3 Å². The van der Waals surface area contributed by atoms with Crippen LogP contribution in [0, 0.1) is 5.92 Å². The lowest BCUT2D eigenvalue weighted by atomic mass is 9.88. The van der Waals surface area contributed by atoms with Gasteiger partial charge in [0.15, 0.2) is 0 Å². The van der Waals surface area contributed by atoms with Crippen molar-refractivity contribution in [1.82, 2.24) is 15.5 Å². The van der Waals surface area contributed by atoms with Gasteiger partial charge in [-0.15, -0.1) is 12.4 Å². The molecule has 2 N–H and O–H groups in total. The largest absolute Gasteiger partial charge is 0.353 e. The third-order valence-electron chi connectivity index (χ3n) is 4.67. The average Bonchev–Trinajstić information content (AvgIpc) is 2.48. The molecule has 2 aliphatic rings. The number of carbonyl (C=O) groups is 2. The number of carbonyl (C=O) groups excluding carboxylic acids is 2. The topological polar surface area (TPSA) is 61.4 Å². The summed E-state index contributed by atoms with van der Waals surface area (Å²) in [6.07, 6.45) is 5.97. The van der Waals surface area contributed by atoms with Crippen molar-refractivity contribution in [2.24, 2.45) is 5.92 Å². The van der Waals surface area contributed by atoms with Crippen LogP contribution in [0.25, 0.3) is 0 Å². The van der Waals surface area contributed by atoms with Gasteiger partial charge in [-0.2, -0.15) is 0 Å². The smallest absolute Gasteiger partial charge is 0.224 e. The van der Waals surface area contributed by atoms with E-state index in [9.17, 15) is 9.59 Å². The first-order chi connectivity index (χ1) is 10.1. The van der Waals surface area contributed by atoms with Gasteiger partial charge in [-0.25, -0.2) is 0 Å². The van der Waals surface area contributed by atoms with E-state index in [-0.39, 0.29) is 42.2 Å². The zero-order valence-corrected chi connectivity index (χ0v) is 14.6. The molecule has 2 amide bonds. The normalized spacial score (nSPS) is 24.3. The van der Waals surface area contributed by atoms with E-state index in [1.165, 1.54) is 6.42 Å². The third-order valence-corrected chi connectivity index (χ3v) is 4.67. The Kier molecular flexibility index (Phi) is 8.18. The fourth-order valence-electron chi connectivity index (χ4n) is 3.37. The number of nitrogens with one attached hydrogen (secondary N) is 2. The van der Waals surface area contributed by atoms with Crippen molar-refractivity contribution in [2.45, 2.75) is 64.5 Å². The van der Waals surface area contributed by atoms with Gasteiger partial charge in [-0.05, 0) is 26.7 Å². The lowest BCUT2D eigenvalue weighted by Crippen LogP contribution is -2.53. The van der Waals surface area contributed by atoms with Crippen LogP contribution in [0.5, 0.6) is 0 Å². The SMILES string of the molecule is CC(CC(=O)N1CCNC[C@@H]1C)NC(=O)C1CCCCC1.Cl. The number of rotatable bonds is 4. The fourth-order valence-corrected chi connectivity index (χ4v) is 3.37. The third kappa shape index (κ3) is 5.43. The summed E-state index contributed by atoms with van der Waals surface area (Å²) < 4.78 is 0. The Hall–Kier alpha value is -0.810. The molecule has 0 aromatic carbocycles. The Bertz CT molecular complexity index is 372. The lowest BCUT2D eigenvalue weighted by molar-refractivity contribution is -0.134. The molecule has 2 fully saturated rings. The highest BCUT2D eigenvalue weighted by atomic mass is 35.5. The van der Waals surface area contributed by atoms with Crippen LogP contribution in [-0.4, -0.2) is 48.4 Å². The first-order valence-electron chi connectivity index (χ1n) is 8.38. The van der Waals surface area contributed by atoms with Crippen LogP contribution in [0.1, 0.15) is 52.4 Å². The summed E-state index contributed by atoms with van der Waals surface area (Å²) in [6.45, 7) is 6.48. The summed E-state index contributed by atoms with van der Waals surface area (Å²) >= 11 is 0. The van der Waals surface area contributed by atoms with Crippen LogP contribution in [-0.2, 0) is 9.59 Å². The van der Waals surface area contributed by atoms with Crippen LogP contribution in [0.2, 0.25) is 0 Å². The molecule has 1 heterocycles. The minimum atomic E-state index is -0.0750. The molecule has 2 atom stereocenters. The van der Waals surface area contributed by atoms with E-state index in [1.807, 2.05) is 11.8 Å². The van der Waals surface area contributed by atoms with Crippen molar-refractivity contribution in [3.8, 4) is 0 Å². The van der Waals surface area contributed by atoms with Gasteiger partial charge in [0, 0.05) is 44.1 Å². The van der Waals surface area contributed by atoms with Gasteiger partial charge in [-0.3, -0.25) is 9.59 Å². The fraction of sp³-hybridized carbons (Fsp3) is 0.875. The lowest BCUT2D eigenvalue weighted by Gasteiger charge is -2.34. The van der Waals surface area contributed by atoms with E-state index in [2.05, 4.69) is 17.6 Å². The highest BCUT2D eigenvalue weighted by Crippen LogP contribution is 2.23. The van der Waals surface area contributed by atoms with Gasteiger partial charge in [-0.1, -0.05) is 19.3 Å². The molecule has 1 saturated carbocycles. The summed E-state index contributed by atoms with van der Waals surface area (Å²) in [5, 5.41) is 6.32. The van der Waals surface area contributed by atoms with Crippen LogP contribution in [0.3, 0.4) is 0 Å². The summed E-state index contributed by atoms with van der Waals surface area (Å²) in [6, 6.07) is 0.168. The quantitative estimate of drug-likeness (QED) is 0.824. The number of hydrogen-bond donors (Lipinski definition) is 2. The summed E-state index contributed by atoms with van der Waals surface area (Å²) in [5.74, 6) is 0.457. The van der Waals surface area contributed by atoms with E-state index < -0.39 is 0 Å². The molecule has 6 heteroatoms. The molecular weight excluding hydrogens is 302 g/mol. The molecule has 0 spiro atoms. The first-order valence-corrected chi connectivity index (χ1v) is 8.38. The van der Waals surface area contributed by atoms with Crippen LogP contribution < -0.4 is 10.6 Å². The first kappa shape index (κ1) is 19.2. The number of nitrogens with zero attached hydrogens (tertiary/aromatic N) is 1. The molecular formula is C16H30ClN3O2. The minimum absolute atomic E-state index is 0. The van der Waals surface area contributed by atoms with Crippen molar-refractivity contribution in [3.63, 3.8) is 0 Å². The maximum absolute atomic E-state index is 12.3. The summed E-state index contributed by atoms with van der Waals surface area (Å²) in [4.78, 5) is 26.4. The second kappa shape index (κ2) is 9.36. The second-order valence-corrected chi connectivity index (χ2v) is 6.59. The average molecular weight is 332 g/mol. The van der Waals surface area contributed by atoms with Gasteiger partial charge < -0.3 is 15.5 Å². The molecule has 1 saturated heterocycles.